The molecule has 2 aromatic carbocycles. The first-order valence-corrected chi connectivity index (χ1v) is 9.91. The van der Waals surface area contributed by atoms with Crippen molar-refractivity contribution in [2.75, 3.05) is 10.6 Å². The first kappa shape index (κ1) is 17.5. The average molecular weight is 397 g/mol. The highest BCUT2D eigenvalue weighted by Gasteiger charge is 2.10. The molecule has 2 N–H and O–H groups in total. The van der Waals surface area contributed by atoms with Gasteiger partial charge in [-0.15, -0.1) is 10.2 Å². The molecule has 7 nitrogen and oxygen atoms in total. The van der Waals surface area contributed by atoms with Gasteiger partial charge in [-0.2, -0.15) is 0 Å². The van der Waals surface area contributed by atoms with Gasteiger partial charge >= 0.3 is 0 Å². The molecule has 2 heterocycles. The van der Waals surface area contributed by atoms with Crippen LogP contribution in [-0.4, -0.2) is 21.1 Å². The molecule has 0 aliphatic heterocycles. The van der Waals surface area contributed by atoms with Crippen LogP contribution < -0.4 is 10.6 Å². The summed E-state index contributed by atoms with van der Waals surface area (Å²) < 4.78 is 6.53. The predicted molar refractivity (Wildman–Crippen MR) is 108 cm³/mol. The molecule has 0 unspecified atom stereocenters. The van der Waals surface area contributed by atoms with Gasteiger partial charge in [0.15, 0.2) is 9.92 Å². The van der Waals surface area contributed by atoms with Crippen LogP contribution in [0.1, 0.15) is 12.8 Å². The molecule has 1 amide bonds. The summed E-state index contributed by atoms with van der Waals surface area (Å²) in [5, 5.41) is 15.0. The van der Waals surface area contributed by atoms with E-state index in [0.29, 0.717) is 16.8 Å². The summed E-state index contributed by atoms with van der Waals surface area (Å²) in [7, 11) is 0. The molecule has 0 saturated heterocycles. The number of fused-ring (bicyclic) bond motifs is 1. The summed E-state index contributed by atoms with van der Waals surface area (Å²) in [5.41, 5.74) is 3.19. The van der Waals surface area contributed by atoms with Gasteiger partial charge in [0.05, 0.1) is 5.75 Å². The zero-order chi connectivity index (χ0) is 18.6. The highest BCUT2D eigenvalue weighted by Crippen LogP contribution is 2.31. The number of anilines is 3. The number of hydrogen-bond donors (Lipinski definition) is 2. The Morgan fingerprint density at radius 3 is 2.85 bits per heavy atom. The molecule has 136 valence electrons. The Morgan fingerprint density at radius 1 is 1.15 bits per heavy atom. The number of aromatic nitrogens is 3. The first-order valence-electron chi connectivity index (χ1n) is 8.11. The van der Waals surface area contributed by atoms with Crippen molar-refractivity contribution in [1.29, 1.82) is 0 Å². The highest BCUT2D eigenvalue weighted by molar-refractivity contribution is 8.00. The molecule has 4 aromatic rings. The van der Waals surface area contributed by atoms with Crippen LogP contribution in [0.3, 0.4) is 0 Å². The van der Waals surface area contributed by atoms with Gasteiger partial charge in [0.2, 0.25) is 16.9 Å². The number of hydrogen-bond acceptors (Lipinski definition) is 8. The zero-order valence-electron chi connectivity index (χ0n) is 14.3. The minimum atomic E-state index is -0.110. The standard InChI is InChI=1S/C18H15N5O2S2/c1-11(24)19-12-5-4-6-13(9-12)20-17-22-23-18(27-17)26-10-16-21-14-7-2-3-8-15(14)25-16/h2-9H,10H2,1H3,(H,19,24)(H,20,22). The minimum absolute atomic E-state index is 0.110. The number of benzene rings is 2. The zero-order valence-corrected chi connectivity index (χ0v) is 15.9. The molecule has 0 fully saturated rings. The summed E-state index contributed by atoms with van der Waals surface area (Å²) in [6.45, 7) is 1.48. The third-order valence-electron chi connectivity index (χ3n) is 3.50. The van der Waals surface area contributed by atoms with Crippen LogP contribution in [0.4, 0.5) is 16.5 Å². The van der Waals surface area contributed by atoms with Gasteiger partial charge in [-0.3, -0.25) is 4.79 Å². The lowest BCUT2D eigenvalue weighted by Gasteiger charge is -2.05. The summed E-state index contributed by atoms with van der Waals surface area (Å²) in [6, 6.07) is 15.1. The number of oxazole rings is 1. The molecule has 0 radical (unpaired) electrons. The monoisotopic (exact) mass is 397 g/mol. The van der Waals surface area contributed by atoms with Crippen LogP contribution in [0.2, 0.25) is 0 Å². The lowest BCUT2D eigenvalue weighted by molar-refractivity contribution is -0.114. The molecule has 0 bridgehead atoms. The topological polar surface area (TPSA) is 92.9 Å². The second-order valence-electron chi connectivity index (χ2n) is 5.62. The van der Waals surface area contributed by atoms with Crippen molar-refractivity contribution >= 4 is 56.6 Å². The Kier molecular flexibility index (Phi) is 5.03. The van der Waals surface area contributed by atoms with Gasteiger partial charge in [0.1, 0.15) is 5.52 Å². The summed E-state index contributed by atoms with van der Waals surface area (Å²) in [6.07, 6.45) is 0. The average Bonchev–Trinajstić information content (AvgIpc) is 3.25. The van der Waals surface area contributed by atoms with Crippen molar-refractivity contribution in [2.45, 2.75) is 17.0 Å². The van der Waals surface area contributed by atoms with E-state index >= 15 is 0 Å². The van der Waals surface area contributed by atoms with E-state index in [1.807, 2.05) is 48.5 Å². The molecule has 0 aliphatic rings. The maximum atomic E-state index is 11.2. The lowest BCUT2D eigenvalue weighted by Crippen LogP contribution is -2.05. The molecular weight excluding hydrogens is 382 g/mol. The van der Waals surface area contributed by atoms with Crippen LogP contribution in [0.5, 0.6) is 0 Å². The normalized spacial score (nSPS) is 10.9. The number of nitrogens with zero attached hydrogens (tertiary/aromatic N) is 3. The fourth-order valence-corrected chi connectivity index (χ4v) is 4.04. The maximum absolute atomic E-state index is 11.2. The molecule has 0 atom stereocenters. The van der Waals surface area contributed by atoms with Crippen molar-refractivity contribution in [1.82, 2.24) is 15.2 Å². The number of nitrogens with one attached hydrogen (secondary N) is 2. The van der Waals surface area contributed by atoms with Gasteiger partial charge in [0, 0.05) is 18.3 Å². The molecule has 27 heavy (non-hydrogen) atoms. The second-order valence-corrected chi connectivity index (χ2v) is 7.82. The van der Waals surface area contributed by atoms with Crippen LogP contribution in [0, 0.1) is 0 Å². The fraction of sp³-hybridized carbons (Fsp3) is 0.111. The van der Waals surface area contributed by atoms with E-state index in [1.54, 1.807) is 0 Å². The second kappa shape index (κ2) is 7.77. The van der Waals surface area contributed by atoms with Gasteiger partial charge in [0.25, 0.3) is 0 Å². The lowest BCUT2D eigenvalue weighted by atomic mass is 10.3. The summed E-state index contributed by atoms with van der Waals surface area (Å²) in [4.78, 5) is 15.6. The van der Waals surface area contributed by atoms with E-state index in [1.165, 1.54) is 30.0 Å². The SMILES string of the molecule is CC(=O)Nc1cccc(Nc2nnc(SCc3nc4ccccc4o3)s2)c1. The number of rotatable bonds is 6. The number of carbonyl (C=O) groups is 1. The Morgan fingerprint density at radius 2 is 2.00 bits per heavy atom. The molecule has 0 aliphatic carbocycles. The van der Waals surface area contributed by atoms with E-state index in [0.717, 1.165) is 26.8 Å². The molecule has 0 saturated carbocycles. The van der Waals surface area contributed by atoms with Crippen molar-refractivity contribution < 1.29 is 9.21 Å². The van der Waals surface area contributed by atoms with Crippen LogP contribution in [0.15, 0.2) is 57.3 Å². The van der Waals surface area contributed by atoms with E-state index < -0.39 is 0 Å². The third kappa shape index (κ3) is 4.44. The summed E-state index contributed by atoms with van der Waals surface area (Å²) >= 11 is 2.97. The van der Waals surface area contributed by atoms with Gasteiger partial charge in [-0.1, -0.05) is 41.3 Å². The maximum Gasteiger partial charge on any atom is 0.221 e. The molecule has 0 spiro atoms. The van der Waals surface area contributed by atoms with Gasteiger partial charge in [-0.05, 0) is 30.3 Å². The van der Waals surface area contributed by atoms with E-state index in [2.05, 4.69) is 25.8 Å². The third-order valence-corrected chi connectivity index (χ3v) is 5.45. The quantitative estimate of drug-likeness (QED) is 0.457. The smallest absolute Gasteiger partial charge is 0.221 e. The molecule has 9 heteroatoms. The minimum Gasteiger partial charge on any atom is -0.440 e. The molecular formula is C18H15N5O2S2. The number of amides is 1. The molecule has 4 rings (SSSR count). The van der Waals surface area contributed by atoms with Gasteiger partial charge in [-0.25, -0.2) is 4.98 Å². The Labute approximate surface area is 163 Å². The number of para-hydroxylation sites is 2. The first-order chi connectivity index (χ1) is 13.2. The Bertz CT molecular complexity index is 1060. The van der Waals surface area contributed by atoms with Crippen molar-refractivity contribution in [2.24, 2.45) is 0 Å². The van der Waals surface area contributed by atoms with E-state index in [4.69, 9.17) is 4.42 Å². The van der Waals surface area contributed by atoms with Crippen LogP contribution in [-0.2, 0) is 10.5 Å². The van der Waals surface area contributed by atoms with Gasteiger partial charge < -0.3 is 15.1 Å². The van der Waals surface area contributed by atoms with Crippen LogP contribution >= 0.6 is 23.1 Å². The summed E-state index contributed by atoms with van der Waals surface area (Å²) in [5.74, 6) is 1.14. The Hall–Kier alpha value is -2.91. The predicted octanol–water partition coefficient (Wildman–Crippen LogP) is 4.67. The van der Waals surface area contributed by atoms with E-state index in [9.17, 15) is 4.79 Å². The van der Waals surface area contributed by atoms with Crippen molar-refractivity contribution in [3.63, 3.8) is 0 Å². The van der Waals surface area contributed by atoms with Crippen molar-refractivity contribution in [3.8, 4) is 0 Å². The number of carbonyl (C=O) groups excluding carboxylic acids is 1. The molecule has 2 aromatic heterocycles. The number of thioether (sulfide) groups is 1. The fourth-order valence-electron chi connectivity index (χ4n) is 2.43. The highest BCUT2D eigenvalue weighted by atomic mass is 32.2. The largest absolute Gasteiger partial charge is 0.440 e. The van der Waals surface area contributed by atoms with Crippen molar-refractivity contribution in [3.05, 3.63) is 54.4 Å². The van der Waals surface area contributed by atoms with Crippen LogP contribution in [0.25, 0.3) is 11.1 Å². The van der Waals surface area contributed by atoms with E-state index in [-0.39, 0.29) is 5.91 Å². The Balaban J connectivity index is 1.39.